The van der Waals surface area contributed by atoms with Gasteiger partial charge in [0, 0.05) is 19.1 Å². The van der Waals surface area contributed by atoms with E-state index in [1.54, 1.807) is 0 Å². The molecule has 1 heterocycles. The average molecular weight is 254 g/mol. The lowest BCUT2D eigenvalue weighted by Crippen LogP contribution is -2.50. The molecule has 3 atom stereocenters. The van der Waals surface area contributed by atoms with Crippen molar-refractivity contribution in [2.45, 2.75) is 57.6 Å². The average Bonchev–Trinajstić information content (AvgIpc) is 2.62. The summed E-state index contributed by atoms with van der Waals surface area (Å²) < 4.78 is 5.62. The Labute approximate surface area is 110 Å². The molecule has 18 heavy (non-hydrogen) atoms. The molecule has 1 saturated carbocycles. The highest BCUT2D eigenvalue weighted by Gasteiger charge is 2.32. The first-order valence-electron chi connectivity index (χ1n) is 7.38. The maximum absolute atomic E-state index is 12.6. The lowest BCUT2D eigenvalue weighted by Gasteiger charge is -2.35. The molecule has 3 unspecified atom stereocenters. The van der Waals surface area contributed by atoms with Crippen LogP contribution in [0.15, 0.2) is 0 Å². The van der Waals surface area contributed by atoms with Crippen molar-refractivity contribution < 1.29 is 9.53 Å². The summed E-state index contributed by atoms with van der Waals surface area (Å²) in [5.41, 5.74) is 6.17. The SMILES string of the molecule is CCC1CN(C(=O)C2CCCCCC2N)CCO1. The summed E-state index contributed by atoms with van der Waals surface area (Å²) in [6.07, 6.45) is 6.69. The number of nitrogens with zero attached hydrogens (tertiary/aromatic N) is 1. The zero-order valence-corrected chi connectivity index (χ0v) is 11.4. The molecule has 1 amide bonds. The molecular weight excluding hydrogens is 228 g/mol. The minimum absolute atomic E-state index is 0.0445. The number of amides is 1. The zero-order chi connectivity index (χ0) is 13.0. The minimum Gasteiger partial charge on any atom is -0.375 e. The number of hydrogen-bond donors (Lipinski definition) is 1. The summed E-state index contributed by atoms with van der Waals surface area (Å²) in [5.74, 6) is 0.314. The Morgan fingerprint density at radius 1 is 1.33 bits per heavy atom. The van der Waals surface area contributed by atoms with E-state index in [2.05, 4.69) is 6.92 Å². The maximum Gasteiger partial charge on any atom is 0.227 e. The Bertz CT molecular complexity index is 283. The van der Waals surface area contributed by atoms with Crippen molar-refractivity contribution in [3.05, 3.63) is 0 Å². The molecule has 2 N–H and O–H groups in total. The van der Waals surface area contributed by atoms with Gasteiger partial charge in [0.15, 0.2) is 0 Å². The van der Waals surface area contributed by atoms with Crippen LogP contribution in [0, 0.1) is 5.92 Å². The Morgan fingerprint density at radius 2 is 2.11 bits per heavy atom. The molecule has 0 radical (unpaired) electrons. The minimum atomic E-state index is 0.0445. The summed E-state index contributed by atoms with van der Waals surface area (Å²) in [6, 6.07) is 0.0583. The van der Waals surface area contributed by atoms with Gasteiger partial charge in [-0.2, -0.15) is 0 Å². The van der Waals surface area contributed by atoms with Crippen molar-refractivity contribution in [3.63, 3.8) is 0 Å². The highest BCUT2D eigenvalue weighted by atomic mass is 16.5. The Hall–Kier alpha value is -0.610. The fraction of sp³-hybridized carbons (Fsp3) is 0.929. The van der Waals surface area contributed by atoms with Gasteiger partial charge in [0.25, 0.3) is 0 Å². The summed E-state index contributed by atoms with van der Waals surface area (Å²) >= 11 is 0. The summed E-state index contributed by atoms with van der Waals surface area (Å²) in [5, 5.41) is 0. The maximum atomic E-state index is 12.6. The number of carbonyl (C=O) groups is 1. The zero-order valence-electron chi connectivity index (χ0n) is 11.4. The van der Waals surface area contributed by atoms with Gasteiger partial charge in [-0.3, -0.25) is 4.79 Å². The predicted molar refractivity (Wildman–Crippen MR) is 71.2 cm³/mol. The first-order valence-corrected chi connectivity index (χ1v) is 7.38. The van der Waals surface area contributed by atoms with E-state index < -0.39 is 0 Å². The molecule has 2 aliphatic rings. The van der Waals surface area contributed by atoms with Crippen molar-refractivity contribution in [3.8, 4) is 0 Å². The smallest absolute Gasteiger partial charge is 0.227 e. The molecule has 2 fully saturated rings. The topological polar surface area (TPSA) is 55.6 Å². The largest absolute Gasteiger partial charge is 0.375 e. The van der Waals surface area contributed by atoms with Crippen LogP contribution in [-0.4, -0.2) is 42.6 Å². The van der Waals surface area contributed by atoms with Gasteiger partial charge >= 0.3 is 0 Å². The van der Waals surface area contributed by atoms with E-state index in [1.165, 1.54) is 12.8 Å². The van der Waals surface area contributed by atoms with Gasteiger partial charge in [0.05, 0.1) is 18.6 Å². The second-order valence-corrected chi connectivity index (χ2v) is 5.59. The Kier molecular flexibility index (Phi) is 5.01. The first-order chi connectivity index (χ1) is 8.72. The third kappa shape index (κ3) is 3.23. The Balaban J connectivity index is 1.96. The summed E-state index contributed by atoms with van der Waals surface area (Å²) in [6.45, 7) is 4.26. The van der Waals surface area contributed by atoms with Crippen molar-refractivity contribution in [1.29, 1.82) is 0 Å². The van der Waals surface area contributed by atoms with Crippen LogP contribution in [0.1, 0.15) is 45.4 Å². The van der Waals surface area contributed by atoms with Gasteiger partial charge in [-0.25, -0.2) is 0 Å². The van der Waals surface area contributed by atoms with Gasteiger partial charge in [-0.1, -0.05) is 26.2 Å². The number of rotatable bonds is 2. The quantitative estimate of drug-likeness (QED) is 0.760. The molecule has 0 bridgehead atoms. The van der Waals surface area contributed by atoms with E-state index in [0.717, 1.165) is 38.8 Å². The molecule has 2 rings (SSSR count). The van der Waals surface area contributed by atoms with Gasteiger partial charge in [-0.15, -0.1) is 0 Å². The van der Waals surface area contributed by atoms with Crippen LogP contribution >= 0.6 is 0 Å². The first kappa shape index (κ1) is 13.8. The summed E-state index contributed by atoms with van der Waals surface area (Å²) in [4.78, 5) is 14.5. The van der Waals surface area contributed by atoms with E-state index in [1.807, 2.05) is 4.90 Å². The van der Waals surface area contributed by atoms with Crippen LogP contribution in [0.2, 0.25) is 0 Å². The third-order valence-electron chi connectivity index (χ3n) is 4.29. The standard InChI is InChI=1S/C14H26N2O2/c1-2-11-10-16(8-9-18-11)14(17)12-6-4-3-5-7-13(12)15/h11-13H,2-10,15H2,1H3. The molecule has 4 nitrogen and oxygen atoms in total. The number of morpholine rings is 1. The lowest BCUT2D eigenvalue weighted by molar-refractivity contribution is -0.144. The molecule has 1 aliphatic carbocycles. The molecule has 104 valence electrons. The number of ether oxygens (including phenoxy) is 1. The van der Waals surface area contributed by atoms with E-state index >= 15 is 0 Å². The van der Waals surface area contributed by atoms with E-state index in [0.29, 0.717) is 6.61 Å². The molecule has 0 aromatic rings. The normalized spacial score (nSPS) is 34.1. The highest BCUT2D eigenvalue weighted by molar-refractivity contribution is 5.79. The summed E-state index contributed by atoms with van der Waals surface area (Å²) in [7, 11) is 0. The highest BCUT2D eigenvalue weighted by Crippen LogP contribution is 2.25. The van der Waals surface area contributed by atoms with Crippen LogP contribution in [0.3, 0.4) is 0 Å². The third-order valence-corrected chi connectivity index (χ3v) is 4.29. The number of hydrogen-bond acceptors (Lipinski definition) is 3. The number of carbonyl (C=O) groups excluding carboxylic acids is 1. The fourth-order valence-electron chi connectivity index (χ4n) is 3.04. The van der Waals surface area contributed by atoms with Crippen LogP contribution in [0.25, 0.3) is 0 Å². The van der Waals surface area contributed by atoms with Crippen LogP contribution in [0.4, 0.5) is 0 Å². The van der Waals surface area contributed by atoms with Crippen molar-refractivity contribution in [2.75, 3.05) is 19.7 Å². The van der Waals surface area contributed by atoms with Gasteiger partial charge in [0.1, 0.15) is 0 Å². The molecule has 4 heteroatoms. The lowest BCUT2D eigenvalue weighted by atomic mass is 9.93. The molecule has 1 aliphatic heterocycles. The van der Waals surface area contributed by atoms with Gasteiger partial charge in [-0.05, 0) is 19.3 Å². The fourth-order valence-corrected chi connectivity index (χ4v) is 3.04. The van der Waals surface area contributed by atoms with Crippen LogP contribution in [-0.2, 0) is 9.53 Å². The molecule has 1 saturated heterocycles. The van der Waals surface area contributed by atoms with Crippen LogP contribution < -0.4 is 5.73 Å². The van der Waals surface area contributed by atoms with E-state index in [4.69, 9.17) is 10.5 Å². The second-order valence-electron chi connectivity index (χ2n) is 5.59. The Morgan fingerprint density at radius 3 is 2.89 bits per heavy atom. The van der Waals surface area contributed by atoms with Crippen molar-refractivity contribution >= 4 is 5.91 Å². The van der Waals surface area contributed by atoms with E-state index in [-0.39, 0.29) is 24.0 Å². The second kappa shape index (κ2) is 6.53. The van der Waals surface area contributed by atoms with Crippen molar-refractivity contribution in [1.82, 2.24) is 4.90 Å². The molecule has 0 aromatic carbocycles. The monoisotopic (exact) mass is 254 g/mol. The van der Waals surface area contributed by atoms with Gasteiger partial charge < -0.3 is 15.4 Å². The van der Waals surface area contributed by atoms with Crippen molar-refractivity contribution in [2.24, 2.45) is 11.7 Å². The molecule has 0 spiro atoms. The van der Waals surface area contributed by atoms with E-state index in [9.17, 15) is 4.79 Å². The molecule has 0 aromatic heterocycles. The van der Waals surface area contributed by atoms with Gasteiger partial charge in [0.2, 0.25) is 5.91 Å². The number of nitrogens with two attached hydrogens (primary N) is 1. The molecular formula is C14H26N2O2. The predicted octanol–water partition coefficient (Wildman–Crippen LogP) is 1.53. The van der Waals surface area contributed by atoms with Crippen LogP contribution in [0.5, 0.6) is 0 Å².